The molecule has 1 aliphatic rings. The predicted octanol–water partition coefficient (Wildman–Crippen LogP) is 6.03. The molecule has 0 aliphatic carbocycles. The Kier molecular flexibility index (Phi) is 6.01. The van der Waals surface area contributed by atoms with E-state index in [-0.39, 0.29) is 6.04 Å². The number of allylic oxidation sites excluding steroid dienone is 4. The molecule has 0 aromatic heterocycles. The second-order valence-electron chi connectivity index (χ2n) is 6.09. The first-order valence-corrected chi connectivity index (χ1v) is 8.87. The fraction of sp³-hybridized carbons (Fsp3) is 0.381. The van der Waals surface area contributed by atoms with Crippen LogP contribution in [0.1, 0.15) is 48.9 Å². The van der Waals surface area contributed by atoms with E-state index >= 15 is 0 Å². The molecule has 0 fully saturated rings. The van der Waals surface area contributed by atoms with Crippen LogP contribution in [-0.2, 0) is 0 Å². The Hall–Kier alpha value is -1.60. The number of hydrogen-bond acceptors (Lipinski definition) is 1. The Balaban J connectivity index is 2.70. The number of nitrogens with zero attached hydrogens (tertiary/aromatic N) is 1. The van der Waals surface area contributed by atoms with Gasteiger partial charge in [0.15, 0.2) is 0 Å². The molecule has 1 unspecified atom stereocenters. The molecule has 23 heavy (non-hydrogen) atoms. The number of fused-ring (bicyclic) bond motifs is 1. The topological polar surface area (TPSA) is 12.4 Å². The number of rotatable bonds is 5. The van der Waals surface area contributed by atoms with Crippen molar-refractivity contribution >= 4 is 22.9 Å². The highest BCUT2D eigenvalue weighted by molar-refractivity contribution is 6.20. The zero-order valence-electron chi connectivity index (χ0n) is 14.6. The summed E-state index contributed by atoms with van der Waals surface area (Å²) < 4.78 is 0. The maximum absolute atomic E-state index is 6.16. The number of aryl methyl sites for hydroxylation is 2. The molecule has 1 aromatic carbocycles. The second-order valence-corrected chi connectivity index (χ2v) is 6.39. The molecular weight excluding hydrogens is 302 g/mol. The van der Waals surface area contributed by atoms with Gasteiger partial charge in [0, 0.05) is 11.4 Å². The van der Waals surface area contributed by atoms with Gasteiger partial charge < -0.3 is 0 Å². The Bertz CT molecular complexity index is 692. The van der Waals surface area contributed by atoms with Crippen LogP contribution in [0.15, 0.2) is 47.5 Å². The van der Waals surface area contributed by atoms with Gasteiger partial charge in [0.1, 0.15) is 0 Å². The van der Waals surface area contributed by atoms with Crippen LogP contribution < -0.4 is 0 Å². The van der Waals surface area contributed by atoms with E-state index in [1.807, 2.05) is 0 Å². The maximum atomic E-state index is 6.16. The number of halogens is 1. The highest BCUT2D eigenvalue weighted by Gasteiger charge is 2.21. The predicted molar refractivity (Wildman–Crippen MR) is 104 cm³/mol. The average molecular weight is 328 g/mol. The standard InChI is InChI=1S/C21H26ClN/c1-6-8-9-15(4)21-19-11-14(3)10-16(5)20(19)17(7-2)12-18(13-22)23-21/h8-12,18H,4,6-7,13H2,1-3,5H3/b9-8-. The monoisotopic (exact) mass is 327 g/mol. The van der Waals surface area contributed by atoms with E-state index < -0.39 is 0 Å². The lowest BCUT2D eigenvalue weighted by atomic mass is 9.88. The van der Waals surface area contributed by atoms with Gasteiger partial charge in [-0.05, 0) is 55.0 Å². The van der Waals surface area contributed by atoms with Crippen molar-refractivity contribution in [2.24, 2.45) is 4.99 Å². The van der Waals surface area contributed by atoms with Gasteiger partial charge in [-0.3, -0.25) is 4.99 Å². The smallest absolute Gasteiger partial charge is 0.0828 e. The molecule has 0 radical (unpaired) electrons. The summed E-state index contributed by atoms with van der Waals surface area (Å²) >= 11 is 6.16. The molecule has 122 valence electrons. The second kappa shape index (κ2) is 7.79. The fourth-order valence-electron chi connectivity index (χ4n) is 3.14. The van der Waals surface area contributed by atoms with Gasteiger partial charge in [0.2, 0.25) is 0 Å². The van der Waals surface area contributed by atoms with Crippen LogP contribution in [0, 0.1) is 13.8 Å². The van der Waals surface area contributed by atoms with Crippen LogP contribution in [0.4, 0.5) is 0 Å². The molecule has 2 rings (SSSR count). The van der Waals surface area contributed by atoms with E-state index in [9.17, 15) is 0 Å². The number of benzene rings is 1. The molecule has 0 bridgehead atoms. The summed E-state index contributed by atoms with van der Waals surface area (Å²) in [7, 11) is 0. The summed E-state index contributed by atoms with van der Waals surface area (Å²) in [5.41, 5.74) is 8.30. The molecule has 0 saturated heterocycles. The van der Waals surface area contributed by atoms with Crippen molar-refractivity contribution in [1.82, 2.24) is 0 Å². The molecule has 1 atom stereocenters. The van der Waals surface area contributed by atoms with Gasteiger partial charge in [-0.15, -0.1) is 11.6 Å². The lowest BCUT2D eigenvalue weighted by Gasteiger charge is -2.16. The van der Waals surface area contributed by atoms with Crippen LogP contribution in [0.3, 0.4) is 0 Å². The zero-order valence-corrected chi connectivity index (χ0v) is 15.4. The van der Waals surface area contributed by atoms with E-state index in [1.54, 1.807) is 0 Å². The average Bonchev–Trinajstić information content (AvgIpc) is 2.69. The van der Waals surface area contributed by atoms with Crippen molar-refractivity contribution < 1.29 is 0 Å². The van der Waals surface area contributed by atoms with Gasteiger partial charge in [-0.1, -0.05) is 50.3 Å². The SMILES string of the molecule is C=C(/C=C\CC)C1=NC(CCl)C=C(CC)c2c(C)cc(C)cc21. The molecule has 0 saturated carbocycles. The Morgan fingerprint density at radius 2 is 2.04 bits per heavy atom. The van der Waals surface area contributed by atoms with Gasteiger partial charge in [0.05, 0.1) is 11.8 Å². The van der Waals surface area contributed by atoms with Gasteiger partial charge in [-0.25, -0.2) is 0 Å². The lowest BCUT2D eigenvalue weighted by molar-refractivity contribution is 0.936. The summed E-state index contributed by atoms with van der Waals surface area (Å²) in [6, 6.07) is 4.47. The molecule has 1 aliphatic heterocycles. The van der Waals surface area contributed by atoms with Crippen molar-refractivity contribution in [1.29, 1.82) is 0 Å². The van der Waals surface area contributed by atoms with E-state index in [0.29, 0.717) is 5.88 Å². The third-order valence-electron chi connectivity index (χ3n) is 4.14. The fourth-order valence-corrected chi connectivity index (χ4v) is 3.30. The van der Waals surface area contributed by atoms with Gasteiger partial charge in [0.25, 0.3) is 0 Å². The summed E-state index contributed by atoms with van der Waals surface area (Å²) in [6.45, 7) is 12.9. The van der Waals surface area contributed by atoms with Gasteiger partial charge >= 0.3 is 0 Å². The zero-order chi connectivity index (χ0) is 17.0. The summed E-state index contributed by atoms with van der Waals surface area (Å²) in [5, 5.41) is 0. The van der Waals surface area contributed by atoms with Crippen LogP contribution in [0.5, 0.6) is 0 Å². The van der Waals surface area contributed by atoms with E-state index in [4.69, 9.17) is 16.6 Å². The number of hydrogen-bond donors (Lipinski definition) is 0. The summed E-state index contributed by atoms with van der Waals surface area (Å²) in [6.07, 6.45) is 8.39. The molecular formula is C21H26ClN. The molecule has 2 heteroatoms. The molecule has 1 aromatic rings. The molecule has 0 spiro atoms. The van der Waals surface area contributed by atoms with Crippen molar-refractivity contribution in [3.05, 3.63) is 64.8 Å². The highest BCUT2D eigenvalue weighted by Crippen LogP contribution is 2.32. The molecule has 0 amide bonds. The first-order chi connectivity index (χ1) is 11.0. The van der Waals surface area contributed by atoms with Crippen molar-refractivity contribution in [2.75, 3.05) is 5.88 Å². The first kappa shape index (κ1) is 17.7. The largest absolute Gasteiger partial charge is 0.275 e. The van der Waals surface area contributed by atoms with Crippen LogP contribution >= 0.6 is 11.6 Å². The van der Waals surface area contributed by atoms with Crippen LogP contribution in [0.25, 0.3) is 5.57 Å². The number of aliphatic imine (C=N–C) groups is 1. The highest BCUT2D eigenvalue weighted by atomic mass is 35.5. The molecule has 0 N–H and O–H groups in total. The minimum absolute atomic E-state index is 0.000462. The van der Waals surface area contributed by atoms with Crippen molar-refractivity contribution in [3.8, 4) is 0 Å². The lowest BCUT2D eigenvalue weighted by Crippen LogP contribution is -2.10. The maximum Gasteiger partial charge on any atom is 0.0828 e. The van der Waals surface area contributed by atoms with Gasteiger partial charge in [-0.2, -0.15) is 0 Å². The van der Waals surface area contributed by atoms with Crippen molar-refractivity contribution in [2.45, 2.75) is 46.6 Å². The van der Waals surface area contributed by atoms with Crippen molar-refractivity contribution in [3.63, 3.8) is 0 Å². The van der Waals surface area contributed by atoms with E-state index in [0.717, 1.165) is 24.1 Å². The van der Waals surface area contributed by atoms with E-state index in [1.165, 1.54) is 27.8 Å². The molecule has 1 nitrogen and oxygen atoms in total. The number of alkyl halides is 1. The Morgan fingerprint density at radius 1 is 1.30 bits per heavy atom. The normalized spacial score (nSPS) is 17.5. The van der Waals surface area contributed by atoms with E-state index in [2.05, 4.69) is 64.6 Å². The Morgan fingerprint density at radius 3 is 2.65 bits per heavy atom. The first-order valence-electron chi connectivity index (χ1n) is 8.34. The Labute approximate surface area is 145 Å². The molecule has 1 heterocycles. The quantitative estimate of drug-likeness (QED) is 0.462. The van der Waals surface area contributed by atoms with Crippen LogP contribution in [-0.4, -0.2) is 17.6 Å². The van der Waals surface area contributed by atoms with Crippen LogP contribution in [0.2, 0.25) is 0 Å². The third-order valence-corrected chi connectivity index (χ3v) is 4.46. The summed E-state index contributed by atoms with van der Waals surface area (Å²) in [5.74, 6) is 0.490. The minimum Gasteiger partial charge on any atom is -0.275 e. The summed E-state index contributed by atoms with van der Waals surface area (Å²) in [4.78, 5) is 4.93. The minimum atomic E-state index is 0.000462. The third kappa shape index (κ3) is 3.84.